The summed E-state index contributed by atoms with van der Waals surface area (Å²) in [5, 5.41) is 0. The molecule has 0 aliphatic heterocycles. The monoisotopic (exact) mass is 168 g/mol. The molecule has 0 aromatic rings. The third-order valence-electron chi connectivity index (χ3n) is 1.82. The molecule has 68 valence electrons. The second-order valence-corrected chi connectivity index (χ2v) is 3.18. The predicted octanol–water partition coefficient (Wildman–Crippen LogP) is 3.62. The van der Waals surface area contributed by atoms with Crippen LogP contribution in [0.15, 0.2) is 0 Å². The fraction of sp³-hybridized carbons (Fsp3) is 1.00. The summed E-state index contributed by atoms with van der Waals surface area (Å²) in [7, 11) is 0. The normalized spacial score (nSPS) is 15.5. The molecule has 0 radical (unpaired) electrons. The molecule has 0 N–H and O–H groups in total. The number of halogens is 3. The lowest BCUT2D eigenvalue weighted by molar-refractivity contribution is -0.187. The van der Waals surface area contributed by atoms with Gasteiger partial charge < -0.3 is 0 Å². The van der Waals surface area contributed by atoms with E-state index in [2.05, 4.69) is 0 Å². The molecule has 0 amide bonds. The Morgan fingerprint density at radius 2 is 1.64 bits per heavy atom. The molecule has 0 aliphatic carbocycles. The van der Waals surface area contributed by atoms with Crippen LogP contribution in [0.25, 0.3) is 0 Å². The standard InChI is InChI=1S/C8H15F3/c1-4-5-7(6(2)3)8(9,10)11/h6-7H,4-5H2,1-3H3/t7-/m1/s1. The topological polar surface area (TPSA) is 0 Å². The molecule has 0 aromatic heterocycles. The van der Waals surface area contributed by atoms with Crippen molar-refractivity contribution < 1.29 is 13.2 Å². The van der Waals surface area contributed by atoms with Crippen molar-refractivity contribution in [3.05, 3.63) is 0 Å². The largest absolute Gasteiger partial charge is 0.392 e. The third kappa shape index (κ3) is 3.63. The molecular weight excluding hydrogens is 153 g/mol. The van der Waals surface area contributed by atoms with Gasteiger partial charge in [0.2, 0.25) is 0 Å². The van der Waals surface area contributed by atoms with Gasteiger partial charge in [0.15, 0.2) is 0 Å². The van der Waals surface area contributed by atoms with Crippen molar-refractivity contribution in [1.29, 1.82) is 0 Å². The molecule has 0 nitrogen and oxygen atoms in total. The highest BCUT2D eigenvalue weighted by Crippen LogP contribution is 2.34. The van der Waals surface area contributed by atoms with Crippen molar-refractivity contribution in [1.82, 2.24) is 0 Å². The zero-order valence-electron chi connectivity index (χ0n) is 7.20. The molecule has 3 heteroatoms. The van der Waals surface area contributed by atoms with Crippen LogP contribution in [0.1, 0.15) is 33.6 Å². The minimum Gasteiger partial charge on any atom is -0.171 e. The molecule has 0 rings (SSSR count). The Labute approximate surface area is 65.8 Å². The van der Waals surface area contributed by atoms with E-state index in [0.717, 1.165) is 0 Å². The van der Waals surface area contributed by atoms with Crippen LogP contribution >= 0.6 is 0 Å². The molecule has 0 fully saturated rings. The van der Waals surface area contributed by atoms with E-state index in [-0.39, 0.29) is 12.3 Å². The van der Waals surface area contributed by atoms with Crippen molar-refractivity contribution >= 4 is 0 Å². The molecule has 0 aliphatic rings. The van der Waals surface area contributed by atoms with E-state index in [1.54, 1.807) is 20.8 Å². The zero-order chi connectivity index (χ0) is 9.07. The Balaban J connectivity index is 4.10. The van der Waals surface area contributed by atoms with Gasteiger partial charge in [0.1, 0.15) is 0 Å². The number of hydrogen-bond donors (Lipinski definition) is 0. The van der Waals surface area contributed by atoms with Crippen molar-refractivity contribution in [3.8, 4) is 0 Å². The summed E-state index contributed by atoms with van der Waals surface area (Å²) in [4.78, 5) is 0. The Morgan fingerprint density at radius 1 is 1.18 bits per heavy atom. The fourth-order valence-electron chi connectivity index (χ4n) is 1.19. The molecule has 11 heavy (non-hydrogen) atoms. The highest BCUT2D eigenvalue weighted by Gasteiger charge is 2.40. The van der Waals surface area contributed by atoms with Crippen molar-refractivity contribution in [2.45, 2.75) is 39.8 Å². The Kier molecular flexibility index (Phi) is 3.90. The van der Waals surface area contributed by atoms with Crippen molar-refractivity contribution in [2.75, 3.05) is 0 Å². The average molecular weight is 168 g/mol. The molecule has 1 atom stereocenters. The summed E-state index contributed by atoms with van der Waals surface area (Å²) >= 11 is 0. The maximum absolute atomic E-state index is 12.2. The Hall–Kier alpha value is -0.210. The van der Waals surface area contributed by atoms with Gasteiger partial charge in [0.25, 0.3) is 0 Å². The lowest BCUT2D eigenvalue weighted by Gasteiger charge is -2.22. The van der Waals surface area contributed by atoms with Crippen LogP contribution in [0.5, 0.6) is 0 Å². The van der Waals surface area contributed by atoms with Gasteiger partial charge in [-0.1, -0.05) is 27.2 Å². The smallest absolute Gasteiger partial charge is 0.171 e. The summed E-state index contributed by atoms with van der Waals surface area (Å²) < 4.78 is 36.5. The molecular formula is C8H15F3. The predicted molar refractivity (Wildman–Crippen MR) is 39.3 cm³/mol. The summed E-state index contributed by atoms with van der Waals surface area (Å²) in [5.74, 6) is -1.41. The van der Waals surface area contributed by atoms with E-state index in [1.807, 2.05) is 0 Å². The number of alkyl halides is 3. The maximum atomic E-state index is 12.2. The molecule has 0 spiro atoms. The van der Waals surface area contributed by atoms with E-state index >= 15 is 0 Å². The molecule has 0 heterocycles. The first-order valence-corrected chi connectivity index (χ1v) is 3.96. The van der Waals surface area contributed by atoms with Crippen LogP contribution in [0.4, 0.5) is 13.2 Å². The lowest BCUT2D eigenvalue weighted by Crippen LogP contribution is -2.27. The highest BCUT2D eigenvalue weighted by atomic mass is 19.4. The van der Waals surface area contributed by atoms with Crippen LogP contribution in [0.3, 0.4) is 0 Å². The van der Waals surface area contributed by atoms with E-state index in [1.165, 1.54) is 0 Å². The average Bonchev–Trinajstić information content (AvgIpc) is 1.79. The minimum atomic E-state index is -4.01. The zero-order valence-corrected chi connectivity index (χ0v) is 7.20. The van der Waals surface area contributed by atoms with Gasteiger partial charge in [-0.05, 0) is 12.3 Å². The summed E-state index contributed by atoms with van der Waals surface area (Å²) in [6.07, 6.45) is -3.16. The molecule has 0 saturated heterocycles. The van der Waals surface area contributed by atoms with Crippen LogP contribution in [-0.4, -0.2) is 6.18 Å². The van der Waals surface area contributed by atoms with Crippen LogP contribution in [0, 0.1) is 11.8 Å². The highest BCUT2D eigenvalue weighted by molar-refractivity contribution is 4.70. The second-order valence-electron chi connectivity index (χ2n) is 3.18. The van der Waals surface area contributed by atoms with Crippen molar-refractivity contribution in [3.63, 3.8) is 0 Å². The van der Waals surface area contributed by atoms with Crippen LogP contribution < -0.4 is 0 Å². The summed E-state index contributed by atoms with van der Waals surface area (Å²) in [6.45, 7) is 5.02. The quantitative estimate of drug-likeness (QED) is 0.603. The van der Waals surface area contributed by atoms with E-state index < -0.39 is 12.1 Å². The molecule has 0 saturated carbocycles. The Morgan fingerprint density at radius 3 is 1.73 bits per heavy atom. The van der Waals surface area contributed by atoms with Gasteiger partial charge in [-0.15, -0.1) is 0 Å². The van der Waals surface area contributed by atoms with E-state index in [4.69, 9.17) is 0 Å². The molecule has 0 aromatic carbocycles. The van der Waals surface area contributed by atoms with E-state index in [9.17, 15) is 13.2 Å². The first-order valence-electron chi connectivity index (χ1n) is 3.96. The van der Waals surface area contributed by atoms with Gasteiger partial charge in [0, 0.05) is 0 Å². The lowest BCUT2D eigenvalue weighted by atomic mass is 9.91. The van der Waals surface area contributed by atoms with Gasteiger partial charge in [-0.3, -0.25) is 0 Å². The summed E-state index contributed by atoms with van der Waals surface area (Å²) in [6, 6.07) is 0. The first kappa shape index (κ1) is 10.8. The summed E-state index contributed by atoms with van der Waals surface area (Å²) in [5.41, 5.74) is 0. The van der Waals surface area contributed by atoms with Gasteiger partial charge in [-0.2, -0.15) is 13.2 Å². The Bertz CT molecular complexity index is 104. The van der Waals surface area contributed by atoms with Gasteiger partial charge >= 0.3 is 6.18 Å². The SMILES string of the molecule is CCC[C@H](C(C)C)C(F)(F)F. The second kappa shape index (κ2) is 3.98. The first-order chi connectivity index (χ1) is 4.89. The van der Waals surface area contributed by atoms with E-state index in [0.29, 0.717) is 6.42 Å². The van der Waals surface area contributed by atoms with Crippen LogP contribution in [-0.2, 0) is 0 Å². The van der Waals surface area contributed by atoms with Gasteiger partial charge in [-0.25, -0.2) is 0 Å². The molecule has 0 unspecified atom stereocenters. The fourth-order valence-corrected chi connectivity index (χ4v) is 1.19. The molecule has 0 bridgehead atoms. The third-order valence-corrected chi connectivity index (χ3v) is 1.82. The minimum absolute atomic E-state index is 0.251. The number of rotatable bonds is 3. The van der Waals surface area contributed by atoms with Crippen LogP contribution in [0.2, 0.25) is 0 Å². The van der Waals surface area contributed by atoms with Gasteiger partial charge in [0.05, 0.1) is 5.92 Å². The van der Waals surface area contributed by atoms with Crippen molar-refractivity contribution in [2.24, 2.45) is 11.8 Å². The number of hydrogen-bond acceptors (Lipinski definition) is 0. The maximum Gasteiger partial charge on any atom is 0.392 e.